The largest absolute Gasteiger partial charge is 0.508 e. The van der Waals surface area contributed by atoms with Crippen LogP contribution in [0.25, 0.3) is 0 Å². The van der Waals surface area contributed by atoms with Gasteiger partial charge in [0.05, 0.1) is 18.4 Å². The van der Waals surface area contributed by atoms with Gasteiger partial charge in [0.15, 0.2) is 0 Å². The molecule has 27 heavy (non-hydrogen) atoms. The van der Waals surface area contributed by atoms with E-state index in [0.717, 1.165) is 51.4 Å². The third-order valence-electron chi connectivity index (χ3n) is 6.19. The van der Waals surface area contributed by atoms with Crippen LogP contribution in [0.5, 0.6) is 5.75 Å². The molecule has 1 aromatic rings. The first-order valence-corrected chi connectivity index (χ1v) is 10.3. The first-order chi connectivity index (χ1) is 13.0. The molecule has 0 unspecified atom stereocenters. The fraction of sp³-hybridized carbons (Fsp3) is 0.636. The number of benzene rings is 1. The van der Waals surface area contributed by atoms with Gasteiger partial charge in [-0.1, -0.05) is 26.2 Å². The Morgan fingerprint density at radius 2 is 1.70 bits per heavy atom. The molecule has 2 aliphatic carbocycles. The molecule has 2 fully saturated rings. The van der Waals surface area contributed by atoms with Crippen LogP contribution < -0.4 is 4.90 Å². The average Bonchev–Trinajstić information content (AvgIpc) is 2.70. The number of anilines is 1. The predicted molar refractivity (Wildman–Crippen MR) is 105 cm³/mol. The van der Waals surface area contributed by atoms with E-state index in [1.807, 2.05) is 4.90 Å². The molecule has 0 saturated heterocycles. The zero-order valence-corrected chi connectivity index (χ0v) is 16.4. The Morgan fingerprint density at radius 1 is 1.04 bits per heavy atom. The molecule has 0 atom stereocenters. The Morgan fingerprint density at radius 3 is 2.33 bits per heavy atom. The second-order valence-electron chi connectivity index (χ2n) is 8.15. The van der Waals surface area contributed by atoms with Crippen molar-refractivity contribution in [2.24, 2.45) is 11.8 Å². The van der Waals surface area contributed by atoms with E-state index in [-0.39, 0.29) is 29.2 Å². The number of nitrogens with zero attached hydrogens (tertiary/aromatic N) is 1. The van der Waals surface area contributed by atoms with Crippen LogP contribution in [0.2, 0.25) is 0 Å². The van der Waals surface area contributed by atoms with E-state index < -0.39 is 5.97 Å². The number of hydrogen-bond acceptors (Lipinski definition) is 4. The number of hydrogen-bond donors (Lipinski definition) is 1. The third kappa shape index (κ3) is 4.45. The van der Waals surface area contributed by atoms with Crippen molar-refractivity contribution in [3.63, 3.8) is 0 Å². The number of ether oxygens (including phenoxy) is 1. The van der Waals surface area contributed by atoms with Gasteiger partial charge in [-0.3, -0.25) is 4.79 Å². The van der Waals surface area contributed by atoms with Crippen molar-refractivity contribution in [3.05, 3.63) is 23.8 Å². The minimum atomic E-state index is -0.522. The zero-order valence-electron chi connectivity index (χ0n) is 16.4. The van der Waals surface area contributed by atoms with Crippen LogP contribution in [-0.4, -0.2) is 30.1 Å². The van der Waals surface area contributed by atoms with Crippen LogP contribution in [0.4, 0.5) is 5.69 Å². The van der Waals surface area contributed by atoms with E-state index in [1.54, 1.807) is 12.1 Å². The Balaban J connectivity index is 1.97. The van der Waals surface area contributed by atoms with Crippen LogP contribution >= 0.6 is 0 Å². The molecular formula is C22H31NO4. The van der Waals surface area contributed by atoms with Gasteiger partial charge in [0.1, 0.15) is 5.75 Å². The lowest BCUT2D eigenvalue weighted by Crippen LogP contribution is -2.46. The van der Waals surface area contributed by atoms with E-state index in [0.29, 0.717) is 11.6 Å². The lowest BCUT2D eigenvalue weighted by atomic mass is 9.81. The smallest absolute Gasteiger partial charge is 0.340 e. The Bertz CT molecular complexity index is 673. The zero-order chi connectivity index (χ0) is 19.4. The molecule has 1 aromatic carbocycles. The Hall–Kier alpha value is -2.04. The van der Waals surface area contributed by atoms with Crippen LogP contribution in [0.15, 0.2) is 18.2 Å². The summed E-state index contributed by atoms with van der Waals surface area (Å²) in [5.41, 5.74) is 0.843. The molecule has 5 nitrogen and oxygen atoms in total. The normalized spacial score (nSPS) is 23.6. The van der Waals surface area contributed by atoms with Gasteiger partial charge in [-0.25, -0.2) is 4.79 Å². The number of rotatable bonds is 4. The Kier molecular flexibility index (Phi) is 6.40. The van der Waals surface area contributed by atoms with Crippen molar-refractivity contribution < 1.29 is 19.4 Å². The number of aromatic hydroxyl groups is 1. The summed E-state index contributed by atoms with van der Waals surface area (Å²) in [5.74, 6) is 0.303. The number of phenolic OH excluding ortho intramolecular Hbond substituents is 1. The number of amides is 1. The molecule has 1 N–H and O–H groups in total. The molecule has 0 spiro atoms. The number of phenols is 1. The minimum absolute atomic E-state index is 0.00156. The van der Waals surface area contributed by atoms with E-state index >= 15 is 0 Å². The first-order valence-electron chi connectivity index (χ1n) is 10.3. The highest BCUT2D eigenvalue weighted by atomic mass is 16.5. The summed E-state index contributed by atoms with van der Waals surface area (Å²) in [5, 5.41) is 9.88. The van der Waals surface area contributed by atoms with Gasteiger partial charge in [-0.2, -0.15) is 0 Å². The van der Waals surface area contributed by atoms with Crippen molar-refractivity contribution in [2.75, 3.05) is 12.0 Å². The fourth-order valence-corrected chi connectivity index (χ4v) is 4.55. The molecule has 148 valence electrons. The topological polar surface area (TPSA) is 66.8 Å². The monoisotopic (exact) mass is 373 g/mol. The highest BCUT2D eigenvalue weighted by molar-refractivity contribution is 6.04. The summed E-state index contributed by atoms with van der Waals surface area (Å²) in [4.78, 5) is 27.8. The number of methoxy groups -OCH3 is 1. The molecule has 0 aliphatic heterocycles. The second kappa shape index (κ2) is 8.77. The van der Waals surface area contributed by atoms with Crippen LogP contribution in [0.1, 0.15) is 75.1 Å². The number of carbonyl (C=O) groups excluding carboxylic acids is 2. The molecule has 3 rings (SSSR count). The van der Waals surface area contributed by atoms with Gasteiger partial charge in [-0.05, 0) is 62.6 Å². The summed E-state index contributed by atoms with van der Waals surface area (Å²) >= 11 is 0. The van der Waals surface area contributed by atoms with Gasteiger partial charge < -0.3 is 14.7 Å². The molecule has 5 heteroatoms. The SMILES string of the molecule is COC(=O)c1cc(O)ccc1N(C(=O)[C@H]1CC[C@H](C)CC1)C1CCCCC1. The molecule has 2 aliphatic rings. The maximum absolute atomic E-state index is 13.6. The van der Waals surface area contributed by atoms with Gasteiger partial charge in [0, 0.05) is 12.0 Å². The fourth-order valence-electron chi connectivity index (χ4n) is 4.55. The first kappa shape index (κ1) is 19.7. The van der Waals surface area contributed by atoms with Gasteiger partial charge >= 0.3 is 5.97 Å². The third-order valence-corrected chi connectivity index (χ3v) is 6.19. The van der Waals surface area contributed by atoms with Crippen LogP contribution in [0.3, 0.4) is 0 Å². The van der Waals surface area contributed by atoms with Crippen molar-refractivity contribution in [1.82, 2.24) is 0 Å². The van der Waals surface area contributed by atoms with Crippen LogP contribution in [0, 0.1) is 11.8 Å². The van der Waals surface area contributed by atoms with Gasteiger partial charge in [-0.15, -0.1) is 0 Å². The van der Waals surface area contributed by atoms with Gasteiger partial charge in [0.2, 0.25) is 5.91 Å². The molecule has 1 amide bonds. The Labute approximate surface area is 161 Å². The van der Waals surface area contributed by atoms with Crippen LogP contribution in [-0.2, 0) is 9.53 Å². The highest BCUT2D eigenvalue weighted by Crippen LogP contribution is 2.36. The summed E-state index contributed by atoms with van der Waals surface area (Å²) in [6.07, 6.45) is 9.28. The van der Waals surface area contributed by atoms with E-state index in [9.17, 15) is 14.7 Å². The highest BCUT2D eigenvalue weighted by Gasteiger charge is 2.35. The lowest BCUT2D eigenvalue weighted by Gasteiger charge is -2.38. The summed E-state index contributed by atoms with van der Waals surface area (Å²) in [6.45, 7) is 2.24. The second-order valence-corrected chi connectivity index (χ2v) is 8.15. The van der Waals surface area contributed by atoms with Crippen molar-refractivity contribution in [1.29, 1.82) is 0 Å². The van der Waals surface area contributed by atoms with E-state index in [4.69, 9.17) is 4.74 Å². The summed E-state index contributed by atoms with van der Waals surface area (Å²) in [6, 6.07) is 4.76. The average molecular weight is 373 g/mol. The van der Waals surface area contributed by atoms with Crippen molar-refractivity contribution in [2.45, 2.75) is 70.8 Å². The maximum atomic E-state index is 13.6. The predicted octanol–water partition coefficient (Wildman–Crippen LogP) is 4.67. The summed E-state index contributed by atoms with van der Waals surface area (Å²) < 4.78 is 4.92. The molecule has 2 saturated carbocycles. The standard InChI is InChI=1S/C22H31NO4/c1-15-8-10-16(11-9-15)21(25)23(17-6-4-3-5-7-17)20-13-12-18(24)14-19(20)22(26)27-2/h12-17,24H,3-11H2,1-2H3/t15-,16-. The van der Waals surface area contributed by atoms with Gasteiger partial charge in [0.25, 0.3) is 0 Å². The van der Waals surface area contributed by atoms with Crippen molar-refractivity contribution in [3.8, 4) is 5.75 Å². The summed E-state index contributed by atoms with van der Waals surface area (Å²) in [7, 11) is 1.32. The number of carbonyl (C=O) groups is 2. The maximum Gasteiger partial charge on any atom is 0.340 e. The lowest BCUT2D eigenvalue weighted by molar-refractivity contribution is -0.124. The van der Waals surface area contributed by atoms with Crippen molar-refractivity contribution >= 4 is 17.6 Å². The molecule has 0 aromatic heterocycles. The van der Waals surface area contributed by atoms with E-state index in [1.165, 1.54) is 19.6 Å². The quantitative estimate of drug-likeness (QED) is 0.779. The number of esters is 1. The molecule has 0 radical (unpaired) electrons. The van der Waals surface area contributed by atoms with E-state index in [2.05, 4.69) is 6.92 Å². The molecule has 0 bridgehead atoms. The molecular weight excluding hydrogens is 342 g/mol. The molecule has 0 heterocycles. The minimum Gasteiger partial charge on any atom is -0.508 e.